The minimum absolute atomic E-state index is 0.00306. The molecule has 0 heterocycles. The van der Waals surface area contributed by atoms with Crippen LogP contribution in [0.5, 0.6) is 0 Å². The Kier molecular flexibility index (Phi) is 6.81. The van der Waals surface area contributed by atoms with Crippen molar-refractivity contribution < 1.29 is 4.92 Å². The lowest BCUT2D eigenvalue weighted by Crippen LogP contribution is -2.27. The standard InChI is InChI=1S/C14H21ClN2O2/c1-3-8-16(9-4-2)10-7-12-5-6-13(15)14(11-12)17(18)19/h5-6,11H,3-4,7-10H2,1-2H3. The van der Waals surface area contributed by atoms with Crippen molar-refractivity contribution in [3.05, 3.63) is 38.9 Å². The van der Waals surface area contributed by atoms with E-state index in [9.17, 15) is 10.1 Å². The molecule has 1 aromatic rings. The van der Waals surface area contributed by atoms with Crippen LogP contribution in [0.25, 0.3) is 0 Å². The van der Waals surface area contributed by atoms with E-state index in [1.807, 2.05) is 6.07 Å². The van der Waals surface area contributed by atoms with Gasteiger partial charge in [0.2, 0.25) is 0 Å². The van der Waals surface area contributed by atoms with E-state index in [-0.39, 0.29) is 10.7 Å². The van der Waals surface area contributed by atoms with Gasteiger partial charge in [-0.2, -0.15) is 0 Å². The lowest BCUT2D eigenvalue weighted by molar-refractivity contribution is -0.384. The van der Waals surface area contributed by atoms with Crippen LogP contribution in [0.3, 0.4) is 0 Å². The number of hydrogen-bond acceptors (Lipinski definition) is 3. The summed E-state index contributed by atoms with van der Waals surface area (Å²) in [5, 5.41) is 11.0. The molecule has 0 saturated heterocycles. The fraction of sp³-hybridized carbons (Fsp3) is 0.571. The molecule has 0 atom stereocenters. The Balaban J connectivity index is 2.66. The Morgan fingerprint density at radius 3 is 2.37 bits per heavy atom. The minimum atomic E-state index is -0.429. The fourth-order valence-electron chi connectivity index (χ4n) is 2.11. The first-order valence-electron chi connectivity index (χ1n) is 6.73. The third kappa shape index (κ3) is 5.17. The van der Waals surface area contributed by atoms with Crippen molar-refractivity contribution in [1.29, 1.82) is 0 Å². The van der Waals surface area contributed by atoms with Crippen LogP contribution < -0.4 is 0 Å². The summed E-state index contributed by atoms with van der Waals surface area (Å²) in [6.07, 6.45) is 3.07. The molecule has 1 aromatic carbocycles. The Labute approximate surface area is 119 Å². The number of rotatable bonds is 8. The van der Waals surface area contributed by atoms with Crippen LogP contribution in [0, 0.1) is 10.1 Å². The average Bonchev–Trinajstić information content (AvgIpc) is 2.37. The van der Waals surface area contributed by atoms with Crippen LogP contribution in [0.2, 0.25) is 5.02 Å². The minimum Gasteiger partial charge on any atom is -0.303 e. The van der Waals surface area contributed by atoms with Crippen LogP contribution in [0.1, 0.15) is 32.3 Å². The molecule has 0 bridgehead atoms. The molecular formula is C14H21ClN2O2. The quantitative estimate of drug-likeness (QED) is 0.537. The number of nitrogens with zero attached hydrogens (tertiary/aromatic N) is 2. The molecule has 0 aliphatic heterocycles. The van der Waals surface area contributed by atoms with Gasteiger partial charge in [-0.3, -0.25) is 10.1 Å². The highest BCUT2D eigenvalue weighted by molar-refractivity contribution is 6.32. The van der Waals surface area contributed by atoms with Crippen LogP contribution in [0.15, 0.2) is 18.2 Å². The Hall–Kier alpha value is -1.13. The molecule has 5 heteroatoms. The molecule has 0 aromatic heterocycles. The molecule has 19 heavy (non-hydrogen) atoms. The van der Waals surface area contributed by atoms with Gasteiger partial charge in [0.15, 0.2) is 0 Å². The second-order valence-corrected chi connectivity index (χ2v) is 5.04. The highest BCUT2D eigenvalue weighted by Gasteiger charge is 2.13. The van der Waals surface area contributed by atoms with Gasteiger partial charge in [-0.1, -0.05) is 31.5 Å². The predicted molar refractivity (Wildman–Crippen MR) is 78.8 cm³/mol. The Bertz CT molecular complexity index is 418. The lowest BCUT2D eigenvalue weighted by Gasteiger charge is -2.20. The SMILES string of the molecule is CCCN(CCC)CCc1ccc(Cl)c([N+](=O)[O-])c1. The summed E-state index contributed by atoms with van der Waals surface area (Å²) >= 11 is 5.80. The molecule has 0 radical (unpaired) electrons. The van der Waals surface area contributed by atoms with Crippen molar-refractivity contribution in [3.8, 4) is 0 Å². The number of nitro groups is 1. The van der Waals surface area contributed by atoms with Gasteiger partial charge in [0.25, 0.3) is 5.69 Å². The van der Waals surface area contributed by atoms with E-state index >= 15 is 0 Å². The molecular weight excluding hydrogens is 264 g/mol. The van der Waals surface area contributed by atoms with Crippen molar-refractivity contribution in [2.45, 2.75) is 33.1 Å². The van der Waals surface area contributed by atoms with Crippen molar-refractivity contribution in [1.82, 2.24) is 4.90 Å². The monoisotopic (exact) mass is 284 g/mol. The third-order valence-electron chi connectivity index (χ3n) is 3.00. The normalized spacial score (nSPS) is 10.9. The molecule has 0 amide bonds. The van der Waals surface area contributed by atoms with Crippen LogP contribution >= 0.6 is 11.6 Å². The zero-order valence-electron chi connectivity index (χ0n) is 11.6. The third-order valence-corrected chi connectivity index (χ3v) is 3.32. The van der Waals surface area contributed by atoms with Crippen LogP contribution in [-0.4, -0.2) is 29.5 Å². The fourth-order valence-corrected chi connectivity index (χ4v) is 2.30. The Morgan fingerprint density at radius 1 is 1.21 bits per heavy atom. The summed E-state index contributed by atoms with van der Waals surface area (Å²) in [7, 11) is 0. The average molecular weight is 285 g/mol. The van der Waals surface area contributed by atoms with Crippen molar-refractivity contribution in [3.63, 3.8) is 0 Å². The van der Waals surface area contributed by atoms with Gasteiger partial charge in [-0.05, 0) is 44.0 Å². The van der Waals surface area contributed by atoms with Gasteiger partial charge in [0.1, 0.15) is 5.02 Å². The van der Waals surface area contributed by atoms with E-state index in [0.29, 0.717) is 0 Å². The van der Waals surface area contributed by atoms with Gasteiger partial charge in [0, 0.05) is 12.6 Å². The maximum Gasteiger partial charge on any atom is 0.288 e. The number of nitro benzene ring substituents is 1. The summed E-state index contributed by atoms with van der Waals surface area (Å²) in [5.74, 6) is 0. The van der Waals surface area contributed by atoms with Gasteiger partial charge in [-0.15, -0.1) is 0 Å². The van der Waals surface area contributed by atoms with E-state index in [2.05, 4.69) is 18.7 Å². The first-order chi connectivity index (χ1) is 9.08. The zero-order valence-corrected chi connectivity index (χ0v) is 12.3. The molecule has 0 aliphatic rings. The zero-order chi connectivity index (χ0) is 14.3. The highest BCUT2D eigenvalue weighted by atomic mass is 35.5. The summed E-state index contributed by atoms with van der Waals surface area (Å²) in [6, 6.07) is 5.06. The second kappa shape index (κ2) is 8.12. The molecule has 4 nitrogen and oxygen atoms in total. The van der Waals surface area contributed by atoms with Crippen molar-refractivity contribution >= 4 is 17.3 Å². The molecule has 0 saturated carbocycles. The largest absolute Gasteiger partial charge is 0.303 e. The van der Waals surface area contributed by atoms with E-state index in [1.54, 1.807) is 12.1 Å². The summed E-state index contributed by atoms with van der Waals surface area (Å²) < 4.78 is 0. The summed E-state index contributed by atoms with van der Waals surface area (Å²) in [4.78, 5) is 12.8. The van der Waals surface area contributed by atoms with Crippen LogP contribution in [0.4, 0.5) is 5.69 Å². The van der Waals surface area contributed by atoms with Crippen LogP contribution in [-0.2, 0) is 6.42 Å². The van der Waals surface area contributed by atoms with Gasteiger partial charge < -0.3 is 4.90 Å². The maximum atomic E-state index is 10.8. The molecule has 0 N–H and O–H groups in total. The number of benzene rings is 1. The number of hydrogen-bond donors (Lipinski definition) is 0. The van der Waals surface area contributed by atoms with Gasteiger partial charge >= 0.3 is 0 Å². The van der Waals surface area contributed by atoms with Gasteiger partial charge in [-0.25, -0.2) is 0 Å². The van der Waals surface area contributed by atoms with E-state index in [0.717, 1.165) is 44.5 Å². The second-order valence-electron chi connectivity index (χ2n) is 4.63. The summed E-state index contributed by atoms with van der Waals surface area (Å²) in [6.45, 7) is 7.40. The van der Waals surface area contributed by atoms with Gasteiger partial charge in [0.05, 0.1) is 4.92 Å². The van der Waals surface area contributed by atoms with E-state index < -0.39 is 4.92 Å². The first kappa shape index (κ1) is 15.9. The molecule has 0 fully saturated rings. The Morgan fingerprint density at radius 2 is 1.84 bits per heavy atom. The molecule has 0 unspecified atom stereocenters. The molecule has 1 rings (SSSR count). The highest BCUT2D eigenvalue weighted by Crippen LogP contribution is 2.25. The maximum absolute atomic E-state index is 10.8. The van der Waals surface area contributed by atoms with E-state index in [1.165, 1.54) is 0 Å². The summed E-state index contributed by atoms with van der Waals surface area (Å²) in [5.41, 5.74) is 0.963. The molecule has 0 aliphatic carbocycles. The van der Waals surface area contributed by atoms with E-state index in [4.69, 9.17) is 11.6 Å². The smallest absolute Gasteiger partial charge is 0.288 e. The number of halogens is 1. The lowest BCUT2D eigenvalue weighted by atomic mass is 10.1. The topological polar surface area (TPSA) is 46.4 Å². The van der Waals surface area contributed by atoms with Crippen molar-refractivity contribution in [2.75, 3.05) is 19.6 Å². The van der Waals surface area contributed by atoms with Crippen molar-refractivity contribution in [2.24, 2.45) is 0 Å². The molecule has 106 valence electrons. The predicted octanol–water partition coefficient (Wildman–Crippen LogP) is 3.91. The molecule has 0 spiro atoms. The first-order valence-corrected chi connectivity index (χ1v) is 7.11.